The van der Waals surface area contributed by atoms with Gasteiger partial charge in [-0.3, -0.25) is 4.99 Å². The number of halogens is 1. The van der Waals surface area contributed by atoms with Gasteiger partial charge in [-0.1, -0.05) is 11.6 Å². The number of carbonyl (C=O) groups is 1. The number of aromatic nitrogens is 1. The second-order valence-electron chi connectivity index (χ2n) is 4.42. The molecule has 0 saturated heterocycles. The maximum absolute atomic E-state index is 11.0. The van der Waals surface area contributed by atoms with E-state index >= 15 is 0 Å². The maximum atomic E-state index is 11.0. The van der Waals surface area contributed by atoms with E-state index in [-0.39, 0.29) is 0 Å². The van der Waals surface area contributed by atoms with Crippen LogP contribution in [0.15, 0.2) is 34.8 Å². The van der Waals surface area contributed by atoms with Crippen LogP contribution in [0.25, 0.3) is 10.2 Å². The summed E-state index contributed by atoms with van der Waals surface area (Å²) < 4.78 is 6.51. The molecule has 1 aromatic heterocycles. The number of benzene rings is 1. The molecule has 0 fully saturated rings. The number of fused-ring (bicyclic) bond motifs is 1. The van der Waals surface area contributed by atoms with Gasteiger partial charge in [-0.05, 0) is 24.3 Å². The first kappa shape index (κ1) is 15.3. The fourth-order valence-electron chi connectivity index (χ4n) is 1.88. The van der Waals surface area contributed by atoms with E-state index in [0.717, 1.165) is 21.0 Å². The Morgan fingerprint density at radius 3 is 3.14 bits per heavy atom. The average molecular weight is 355 g/mol. The highest BCUT2D eigenvalue weighted by molar-refractivity contribution is 8.15. The summed E-state index contributed by atoms with van der Waals surface area (Å²) >= 11 is 8.36. The van der Waals surface area contributed by atoms with Crippen LogP contribution in [-0.4, -0.2) is 39.5 Å². The molecule has 0 saturated carbocycles. The fraction of sp³-hybridized carbons (Fsp3) is 0.214. The van der Waals surface area contributed by atoms with Gasteiger partial charge < -0.3 is 9.84 Å². The van der Waals surface area contributed by atoms with Gasteiger partial charge in [0, 0.05) is 11.3 Å². The van der Waals surface area contributed by atoms with Crippen LogP contribution in [0.5, 0.6) is 5.75 Å². The highest BCUT2D eigenvalue weighted by Gasteiger charge is 2.26. The first-order valence-electron chi connectivity index (χ1n) is 6.40. The molecule has 0 aliphatic carbocycles. The number of rotatable bonds is 5. The van der Waals surface area contributed by atoms with E-state index in [0.29, 0.717) is 17.4 Å². The van der Waals surface area contributed by atoms with E-state index in [4.69, 9.17) is 21.4 Å². The van der Waals surface area contributed by atoms with Gasteiger partial charge in [0.25, 0.3) is 0 Å². The Morgan fingerprint density at radius 1 is 1.55 bits per heavy atom. The lowest BCUT2D eigenvalue weighted by molar-refractivity contribution is -0.137. The number of thiazole rings is 1. The van der Waals surface area contributed by atoms with Crippen molar-refractivity contribution in [2.24, 2.45) is 4.99 Å². The molecular weight excluding hydrogens is 344 g/mol. The molecule has 0 unspecified atom stereocenters. The summed E-state index contributed by atoms with van der Waals surface area (Å²) in [5.41, 5.74) is 2.26. The number of nitrogens with zero attached hydrogens (tertiary/aromatic N) is 2. The normalized spacial score (nSPS) is 18.0. The number of aliphatic imine (C=N–C) groups is 1. The molecule has 3 rings (SSSR count). The lowest BCUT2D eigenvalue weighted by atomic mass is 10.3. The molecule has 0 radical (unpaired) electrons. The summed E-state index contributed by atoms with van der Waals surface area (Å²) in [6.07, 6.45) is 1.71. The number of aliphatic carboxylic acids is 1. The van der Waals surface area contributed by atoms with Crippen LogP contribution in [0.2, 0.25) is 0 Å². The Balaban J connectivity index is 1.84. The van der Waals surface area contributed by atoms with Gasteiger partial charge >= 0.3 is 5.97 Å². The number of thioether (sulfide) groups is 1. The molecule has 0 spiro atoms. The summed E-state index contributed by atoms with van der Waals surface area (Å²) in [5, 5.41) is 10.4. The maximum Gasteiger partial charge on any atom is 0.329 e. The van der Waals surface area contributed by atoms with Crippen LogP contribution in [-0.2, 0) is 4.79 Å². The summed E-state index contributed by atoms with van der Waals surface area (Å²) in [6, 6.07) is 4.96. The van der Waals surface area contributed by atoms with E-state index in [1.54, 1.807) is 6.08 Å². The minimum absolute atomic E-state index is 0.406. The minimum Gasteiger partial charge on any atom is -0.489 e. The number of carboxylic acid groups (broad SMARTS) is 1. The highest BCUT2D eigenvalue weighted by atomic mass is 35.5. The van der Waals surface area contributed by atoms with Crippen LogP contribution in [0.4, 0.5) is 0 Å². The van der Waals surface area contributed by atoms with Gasteiger partial charge in [0.1, 0.15) is 22.4 Å². The van der Waals surface area contributed by atoms with E-state index in [9.17, 15) is 4.79 Å². The molecule has 2 heterocycles. The van der Waals surface area contributed by atoms with Gasteiger partial charge in [-0.15, -0.1) is 23.1 Å². The van der Waals surface area contributed by atoms with E-state index < -0.39 is 12.0 Å². The summed E-state index contributed by atoms with van der Waals surface area (Å²) in [5.74, 6) is 0.299. The molecule has 0 amide bonds. The second kappa shape index (κ2) is 6.68. The molecule has 1 N–H and O–H groups in total. The van der Waals surface area contributed by atoms with Crippen molar-refractivity contribution in [3.05, 3.63) is 34.8 Å². The lowest BCUT2D eigenvalue weighted by Gasteiger charge is -2.01. The molecule has 0 bridgehead atoms. The molecule has 2 aromatic rings. The van der Waals surface area contributed by atoms with Crippen molar-refractivity contribution in [3.63, 3.8) is 0 Å². The molecule has 22 heavy (non-hydrogen) atoms. The van der Waals surface area contributed by atoms with Gasteiger partial charge in [0.05, 0.1) is 10.2 Å². The van der Waals surface area contributed by atoms with Crippen LogP contribution in [0.1, 0.15) is 5.01 Å². The smallest absolute Gasteiger partial charge is 0.329 e. The molecule has 114 valence electrons. The van der Waals surface area contributed by atoms with Crippen molar-refractivity contribution in [1.82, 2.24) is 4.98 Å². The van der Waals surface area contributed by atoms with Gasteiger partial charge in [0.15, 0.2) is 6.04 Å². The molecule has 1 aliphatic heterocycles. The van der Waals surface area contributed by atoms with Crippen LogP contribution >= 0.6 is 34.7 Å². The van der Waals surface area contributed by atoms with Gasteiger partial charge in [0.2, 0.25) is 0 Å². The summed E-state index contributed by atoms with van der Waals surface area (Å²) in [6.45, 7) is 0.406. The Morgan fingerprint density at radius 2 is 2.41 bits per heavy atom. The van der Waals surface area contributed by atoms with Crippen molar-refractivity contribution in [1.29, 1.82) is 0 Å². The third-order valence-electron chi connectivity index (χ3n) is 2.91. The SMILES string of the molecule is O=C(O)[C@H]1CSC(c2nc3ccc(OCC=CCl)cc3s2)=N1. The summed E-state index contributed by atoms with van der Waals surface area (Å²) in [4.78, 5) is 19.7. The first-order chi connectivity index (χ1) is 10.7. The summed E-state index contributed by atoms with van der Waals surface area (Å²) in [7, 11) is 0. The number of hydrogen-bond acceptors (Lipinski definition) is 6. The van der Waals surface area contributed by atoms with Gasteiger partial charge in [-0.25, -0.2) is 9.78 Å². The number of carboxylic acids is 1. The van der Waals surface area contributed by atoms with Crippen molar-refractivity contribution in [2.75, 3.05) is 12.4 Å². The minimum atomic E-state index is -0.897. The third-order valence-corrected chi connectivity index (χ3v) is 5.30. The van der Waals surface area contributed by atoms with Crippen molar-refractivity contribution in [2.45, 2.75) is 6.04 Å². The van der Waals surface area contributed by atoms with Crippen molar-refractivity contribution in [3.8, 4) is 5.75 Å². The zero-order valence-electron chi connectivity index (χ0n) is 11.2. The van der Waals surface area contributed by atoms with E-state index in [1.807, 2.05) is 18.2 Å². The fourth-order valence-corrected chi connectivity index (χ4v) is 4.05. The molecule has 5 nitrogen and oxygen atoms in total. The second-order valence-corrected chi connectivity index (χ2v) is 6.71. The average Bonchev–Trinajstić information content (AvgIpc) is 3.13. The standard InChI is InChI=1S/C14H11ClN2O3S2/c15-4-1-5-20-8-2-3-9-11(6-8)22-13(16-9)12-17-10(7-21-12)14(18)19/h1-4,6,10H,5,7H2,(H,18,19)/t10-/m1/s1. The largest absolute Gasteiger partial charge is 0.489 e. The molecule has 8 heteroatoms. The van der Waals surface area contributed by atoms with Crippen molar-refractivity contribution < 1.29 is 14.6 Å². The number of hydrogen-bond donors (Lipinski definition) is 1. The Labute approximate surface area is 139 Å². The molecular formula is C14H11ClN2O3S2. The Kier molecular flexibility index (Phi) is 4.66. The lowest BCUT2D eigenvalue weighted by Crippen LogP contribution is -2.17. The third kappa shape index (κ3) is 3.26. The monoisotopic (exact) mass is 354 g/mol. The molecule has 1 aromatic carbocycles. The number of ether oxygens (including phenoxy) is 1. The van der Waals surface area contributed by atoms with E-state index in [1.165, 1.54) is 28.6 Å². The predicted octanol–water partition coefficient (Wildman–Crippen LogP) is 3.37. The molecule has 1 atom stereocenters. The highest BCUT2D eigenvalue weighted by Crippen LogP contribution is 2.31. The zero-order valence-corrected chi connectivity index (χ0v) is 13.6. The first-order valence-corrected chi connectivity index (χ1v) is 8.63. The molecule has 1 aliphatic rings. The Hall–Kier alpha value is -1.57. The Bertz CT molecular complexity index is 773. The topological polar surface area (TPSA) is 71.8 Å². The van der Waals surface area contributed by atoms with E-state index in [2.05, 4.69) is 9.98 Å². The quantitative estimate of drug-likeness (QED) is 0.891. The van der Waals surface area contributed by atoms with Crippen molar-refractivity contribution >= 4 is 55.9 Å². The van der Waals surface area contributed by atoms with Crippen LogP contribution < -0.4 is 4.74 Å². The zero-order chi connectivity index (χ0) is 15.5. The van der Waals surface area contributed by atoms with Crippen LogP contribution in [0, 0.1) is 0 Å². The van der Waals surface area contributed by atoms with Gasteiger partial charge in [-0.2, -0.15) is 0 Å². The van der Waals surface area contributed by atoms with Crippen LogP contribution in [0.3, 0.4) is 0 Å². The predicted molar refractivity (Wildman–Crippen MR) is 90.5 cm³/mol.